The van der Waals surface area contributed by atoms with Gasteiger partial charge in [0.2, 0.25) is 0 Å². The number of thiazole rings is 1. The molecule has 1 aromatic carbocycles. The third-order valence-corrected chi connectivity index (χ3v) is 5.99. The monoisotopic (exact) mass is 373 g/mol. The molecule has 0 amide bonds. The number of aryl methyl sites for hydroxylation is 1. The van der Waals surface area contributed by atoms with Crippen molar-refractivity contribution in [3.05, 3.63) is 50.7 Å². The molecule has 0 aliphatic carbocycles. The minimum Gasteiger partial charge on any atom is -0.287 e. The van der Waals surface area contributed by atoms with Crippen molar-refractivity contribution in [1.82, 2.24) is 14.5 Å². The maximum absolute atomic E-state index is 12.6. The predicted octanol–water partition coefficient (Wildman–Crippen LogP) is 4.75. The van der Waals surface area contributed by atoms with Gasteiger partial charge in [0.1, 0.15) is 0 Å². The molecule has 6 heteroatoms. The van der Waals surface area contributed by atoms with Crippen molar-refractivity contribution in [3.63, 3.8) is 0 Å². The average Bonchev–Trinajstić information content (AvgIpc) is 3.06. The molecule has 0 spiro atoms. The van der Waals surface area contributed by atoms with E-state index in [0.717, 1.165) is 28.5 Å². The molecule has 0 aliphatic rings. The van der Waals surface area contributed by atoms with Gasteiger partial charge in [-0.25, -0.2) is 9.97 Å². The van der Waals surface area contributed by atoms with Crippen LogP contribution in [0.15, 0.2) is 39.6 Å². The quantitative estimate of drug-likeness (QED) is 0.443. The van der Waals surface area contributed by atoms with Gasteiger partial charge in [-0.3, -0.25) is 9.36 Å². The fourth-order valence-corrected chi connectivity index (χ4v) is 4.49. The Kier molecular flexibility index (Phi) is 5.91. The predicted molar refractivity (Wildman–Crippen MR) is 107 cm³/mol. The molecule has 0 bridgehead atoms. The first kappa shape index (κ1) is 18.1. The second-order valence-electron chi connectivity index (χ2n) is 6.41. The smallest absolute Gasteiger partial charge is 0.262 e. The summed E-state index contributed by atoms with van der Waals surface area (Å²) in [4.78, 5) is 22.1. The molecule has 0 unspecified atom stereocenters. The Bertz CT molecular complexity index is 914. The van der Waals surface area contributed by atoms with Crippen molar-refractivity contribution in [2.45, 2.75) is 51.1 Å². The van der Waals surface area contributed by atoms with Crippen LogP contribution in [0.25, 0.3) is 10.9 Å². The highest BCUT2D eigenvalue weighted by atomic mass is 32.2. The number of benzene rings is 1. The van der Waals surface area contributed by atoms with Crippen LogP contribution in [0, 0.1) is 5.92 Å². The summed E-state index contributed by atoms with van der Waals surface area (Å²) in [5.41, 5.74) is 1.86. The van der Waals surface area contributed by atoms with E-state index in [1.54, 1.807) is 27.7 Å². The zero-order valence-corrected chi connectivity index (χ0v) is 16.5. The Hall–Kier alpha value is -1.66. The molecule has 0 radical (unpaired) electrons. The summed E-state index contributed by atoms with van der Waals surface area (Å²) < 4.78 is 1.75. The Morgan fingerprint density at radius 1 is 1.24 bits per heavy atom. The molecule has 25 heavy (non-hydrogen) atoms. The van der Waals surface area contributed by atoms with Gasteiger partial charge in [0, 0.05) is 17.7 Å². The Morgan fingerprint density at radius 2 is 2.04 bits per heavy atom. The van der Waals surface area contributed by atoms with E-state index in [-0.39, 0.29) is 5.56 Å². The van der Waals surface area contributed by atoms with Crippen LogP contribution in [0.5, 0.6) is 0 Å². The molecule has 0 saturated carbocycles. The third kappa shape index (κ3) is 4.30. The van der Waals surface area contributed by atoms with Crippen LogP contribution < -0.4 is 5.56 Å². The molecule has 2 aromatic heterocycles. The van der Waals surface area contributed by atoms with Gasteiger partial charge in [0.05, 0.1) is 21.6 Å². The number of rotatable bonds is 7. The maximum atomic E-state index is 12.6. The van der Waals surface area contributed by atoms with E-state index in [1.165, 1.54) is 11.4 Å². The summed E-state index contributed by atoms with van der Waals surface area (Å²) in [6.07, 6.45) is 2.21. The van der Waals surface area contributed by atoms with E-state index in [9.17, 15) is 4.79 Å². The molecule has 0 saturated heterocycles. The van der Waals surface area contributed by atoms with Crippen LogP contribution in [-0.4, -0.2) is 14.5 Å². The number of fused-ring (bicyclic) bond motifs is 1. The van der Waals surface area contributed by atoms with Crippen LogP contribution in [-0.2, 0) is 18.7 Å². The molecule has 0 N–H and O–H groups in total. The second kappa shape index (κ2) is 8.15. The van der Waals surface area contributed by atoms with Crippen LogP contribution in [0.4, 0.5) is 0 Å². The lowest BCUT2D eigenvalue weighted by Gasteiger charge is -2.10. The fraction of sp³-hybridized carbons (Fsp3) is 0.421. The second-order valence-corrected chi connectivity index (χ2v) is 8.30. The first-order valence-corrected chi connectivity index (χ1v) is 10.5. The average molecular weight is 374 g/mol. The molecule has 0 atom stereocenters. The Labute approximate surface area is 156 Å². The lowest BCUT2D eigenvalue weighted by atomic mass is 10.1. The van der Waals surface area contributed by atoms with Gasteiger partial charge in [-0.05, 0) is 37.8 Å². The normalized spacial score (nSPS) is 11.5. The minimum absolute atomic E-state index is 0.0338. The van der Waals surface area contributed by atoms with Crippen molar-refractivity contribution in [2.24, 2.45) is 5.92 Å². The van der Waals surface area contributed by atoms with E-state index in [2.05, 4.69) is 24.2 Å². The Balaban J connectivity index is 1.78. The summed E-state index contributed by atoms with van der Waals surface area (Å²) in [6.45, 7) is 7.07. The van der Waals surface area contributed by atoms with E-state index in [1.807, 2.05) is 31.2 Å². The molecule has 2 heterocycles. The molecular formula is C19H23N3OS2. The first-order valence-electron chi connectivity index (χ1n) is 8.64. The molecule has 132 valence electrons. The van der Waals surface area contributed by atoms with Gasteiger partial charge < -0.3 is 0 Å². The molecule has 3 rings (SSSR count). The summed E-state index contributed by atoms with van der Waals surface area (Å²) in [6, 6.07) is 7.54. The summed E-state index contributed by atoms with van der Waals surface area (Å²) in [7, 11) is 0. The van der Waals surface area contributed by atoms with Crippen molar-refractivity contribution >= 4 is 34.0 Å². The highest BCUT2D eigenvalue weighted by Crippen LogP contribution is 2.24. The van der Waals surface area contributed by atoms with Crippen molar-refractivity contribution < 1.29 is 0 Å². The summed E-state index contributed by atoms with van der Waals surface area (Å²) in [5, 5.41) is 4.77. The highest BCUT2D eigenvalue weighted by Gasteiger charge is 2.11. The van der Waals surface area contributed by atoms with Gasteiger partial charge >= 0.3 is 0 Å². The third-order valence-electron chi connectivity index (χ3n) is 4.03. The van der Waals surface area contributed by atoms with E-state index >= 15 is 0 Å². The number of hydrogen-bond donors (Lipinski definition) is 0. The van der Waals surface area contributed by atoms with Gasteiger partial charge in [-0.1, -0.05) is 37.7 Å². The van der Waals surface area contributed by atoms with Crippen molar-refractivity contribution in [2.75, 3.05) is 0 Å². The van der Waals surface area contributed by atoms with E-state index in [0.29, 0.717) is 17.8 Å². The van der Waals surface area contributed by atoms with Gasteiger partial charge in [0.15, 0.2) is 5.16 Å². The van der Waals surface area contributed by atoms with Gasteiger partial charge in [0.25, 0.3) is 5.56 Å². The molecular weight excluding hydrogens is 350 g/mol. The molecule has 4 nitrogen and oxygen atoms in total. The number of aromatic nitrogens is 3. The number of para-hydroxylation sites is 1. The number of hydrogen-bond acceptors (Lipinski definition) is 5. The summed E-state index contributed by atoms with van der Waals surface area (Å²) in [5.74, 6) is 1.44. The summed E-state index contributed by atoms with van der Waals surface area (Å²) >= 11 is 3.32. The van der Waals surface area contributed by atoms with Crippen molar-refractivity contribution in [1.29, 1.82) is 0 Å². The number of nitrogens with zero attached hydrogens (tertiary/aromatic N) is 3. The fourth-order valence-electron chi connectivity index (χ4n) is 2.62. The van der Waals surface area contributed by atoms with Crippen LogP contribution in [0.3, 0.4) is 0 Å². The molecule has 3 aromatic rings. The maximum Gasteiger partial charge on any atom is 0.262 e. The van der Waals surface area contributed by atoms with Crippen LogP contribution in [0.1, 0.15) is 37.9 Å². The van der Waals surface area contributed by atoms with E-state index < -0.39 is 0 Å². The van der Waals surface area contributed by atoms with Crippen LogP contribution in [0.2, 0.25) is 0 Å². The first-order chi connectivity index (χ1) is 12.1. The van der Waals surface area contributed by atoms with Crippen LogP contribution >= 0.6 is 23.1 Å². The lowest BCUT2D eigenvalue weighted by molar-refractivity contribution is 0.585. The standard InChI is InChI=1S/C19H23N3OS2/c1-4-22-18(23)15-7-5-6-8-16(15)21-19(22)25-12-14-11-24-17(20-14)10-9-13(2)3/h5-8,11,13H,4,9-10,12H2,1-3H3. The zero-order valence-electron chi connectivity index (χ0n) is 14.9. The molecule has 0 fully saturated rings. The topological polar surface area (TPSA) is 47.8 Å². The highest BCUT2D eigenvalue weighted by molar-refractivity contribution is 7.98. The Morgan fingerprint density at radius 3 is 2.80 bits per heavy atom. The molecule has 0 aliphatic heterocycles. The SMILES string of the molecule is CCn1c(SCc2csc(CCC(C)C)n2)nc2ccccc2c1=O. The minimum atomic E-state index is 0.0338. The van der Waals surface area contributed by atoms with E-state index in [4.69, 9.17) is 4.98 Å². The van der Waals surface area contributed by atoms with Gasteiger partial charge in [-0.2, -0.15) is 0 Å². The largest absolute Gasteiger partial charge is 0.287 e. The zero-order chi connectivity index (χ0) is 17.8. The van der Waals surface area contributed by atoms with Crippen molar-refractivity contribution in [3.8, 4) is 0 Å². The van der Waals surface area contributed by atoms with Gasteiger partial charge in [-0.15, -0.1) is 11.3 Å². The number of thioether (sulfide) groups is 1. The lowest BCUT2D eigenvalue weighted by Crippen LogP contribution is -2.22.